The highest BCUT2D eigenvalue weighted by molar-refractivity contribution is 6.74. The molecule has 3 nitrogen and oxygen atoms in total. The van der Waals surface area contributed by atoms with Gasteiger partial charge in [0.25, 0.3) is 0 Å². The summed E-state index contributed by atoms with van der Waals surface area (Å²) < 4.78 is 11.1. The van der Waals surface area contributed by atoms with Crippen molar-refractivity contribution in [3.8, 4) is 0 Å². The molecule has 0 unspecified atom stereocenters. The molecule has 0 spiro atoms. The van der Waals surface area contributed by atoms with Gasteiger partial charge < -0.3 is 9.16 Å². The van der Waals surface area contributed by atoms with Crippen LogP contribution in [0.25, 0.3) is 0 Å². The van der Waals surface area contributed by atoms with Crippen molar-refractivity contribution >= 4 is 14.3 Å². The third kappa shape index (κ3) is 7.11. The fraction of sp³-hybridized carbons (Fsp3) is 0.933. The summed E-state index contributed by atoms with van der Waals surface area (Å²) >= 11 is 0. The van der Waals surface area contributed by atoms with Crippen molar-refractivity contribution in [2.75, 3.05) is 7.11 Å². The molecule has 4 heteroatoms. The number of hydrogen-bond acceptors (Lipinski definition) is 3. The predicted molar refractivity (Wildman–Crippen MR) is 82.8 cm³/mol. The van der Waals surface area contributed by atoms with Gasteiger partial charge in [-0.3, -0.25) is 4.79 Å². The second-order valence-corrected chi connectivity index (χ2v) is 11.5. The van der Waals surface area contributed by atoms with Crippen LogP contribution in [-0.4, -0.2) is 27.5 Å². The van der Waals surface area contributed by atoms with Crippen LogP contribution in [0.1, 0.15) is 59.8 Å². The van der Waals surface area contributed by atoms with Crippen LogP contribution >= 0.6 is 0 Å². The minimum Gasteiger partial charge on any atom is -0.469 e. The van der Waals surface area contributed by atoms with Gasteiger partial charge in [0.2, 0.25) is 0 Å². The molecule has 0 aliphatic rings. The Hall–Kier alpha value is -0.353. The molecule has 114 valence electrons. The normalized spacial score (nSPS) is 14.3. The molecular weight excluding hydrogens is 256 g/mol. The third-order valence-corrected chi connectivity index (χ3v) is 8.55. The summed E-state index contributed by atoms with van der Waals surface area (Å²) in [6, 6.07) is 0. The summed E-state index contributed by atoms with van der Waals surface area (Å²) in [6.07, 6.45) is 4.79. The zero-order chi connectivity index (χ0) is 15.1. The second-order valence-electron chi connectivity index (χ2n) is 6.76. The first kappa shape index (κ1) is 18.6. The summed E-state index contributed by atoms with van der Waals surface area (Å²) in [5.41, 5.74) is 0. The van der Waals surface area contributed by atoms with Gasteiger partial charge in [-0.1, -0.05) is 34.1 Å². The van der Waals surface area contributed by atoms with Crippen molar-refractivity contribution in [3.63, 3.8) is 0 Å². The maximum atomic E-state index is 11.1. The highest BCUT2D eigenvalue weighted by atomic mass is 28.4. The van der Waals surface area contributed by atoms with Gasteiger partial charge in [-0.25, -0.2) is 0 Å². The van der Waals surface area contributed by atoms with E-state index in [0.29, 0.717) is 6.42 Å². The molecule has 0 rings (SSSR count). The van der Waals surface area contributed by atoms with E-state index >= 15 is 0 Å². The minimum absolute atomic E-state index is 0.123. The lowest BCUT2D eigenvalue weighted by molar-refractivity contribution is -0.140. The van der Waals surface area contributed by atoms with Crippen molar-refractivity contribution in [2.45, 2.75) is 84.0 Å². The Morgan fingerprint density at radius 3 is 2.21 bits per heavy atom. The van der Waals surface area contributed by atoms with Crippen molar-refractivity contribution in [3.05, 3.63) is 0 Å². The number of methoxy groups -OCH3 is 1. The van der Waals surface area contributed by atoms with Gasteiger partial charge in [0, 0.05) is 12.5 Å². The van der Waals surface area contributed by atoms with Crippen LogP contribution in [0, 0.1) is 0 Å². The van der Waals surface area contributed by atoms with Crippen LogP contribution in [-0.2, 0) is 14.0 Å². The molecule has 0 aliphatic carbocycles. The van der Waals surface area contributed by atoms with Crippen molar-refractivity contribution in [2.24, 2.45) is 0 Å². The Morgan fingerprint density at radius 1 is 1.21 bits per heavy atom. The number of carbonyl (C=O) groups excluding carboxylic acids is 1. The highest BCUT2D eigenvalue weighted by Crippen LogP contribution is 2.38. The molecule has 0 bridgehead atoms. The Bertz CT molecular complexity index is 269. The number of esters is 1. The Kier molecular flexibility index (Phi) is 7.90. The van der Waals surface area contributed by atoms with Crippen molar-refractivity contribution < 1.29 is 14.0 Å². The average molecular weight is 289 g/mol. The molecule has 0 saturated carbocycles. The Labute approximate surface area is 120 Å². The van der Waals surface area contributed by atoms with E-state index in [0.717, 1.165) is 25.7 Å². The van der Waals surface area contributed by atoms with Crippen molar-refractivity contribution in [1.82, 2.24) is 0 Å². The standard InChI is InChI=1S/C15H32O3Si/c1-8-10-13(11-9-12-14(16)17-5)18-19(6,7)15(2,3)4/h13H,8-12H2,1-7H3/t13-/m1/s1. The van der Waals surface area contributed by atoms with Gasteiger partial charge in [-0.15, -0.1) is 0 Å². The van der Waals surface area contributed by atoms with E-state index in [9.17, 15) is 4.79 Å². The largest absolute Gasteiger partial charge is 0.469 e. The first-order valence-electron chi connectivity index (χ1n) is 7.38. The molecule has 0 saturated heterocycles. The lowest BCUT2D eigenvalue weighted by Gasteiger charge is -2.39. The lowest BCUT2D eigenvalue weighted by Crippen LogP contribution is -2.44. The fourth-order valence-electron chi connectivity index (χ4n) is 1.75. The van der Waals surface area contributed by atoms with E-state index in [-0.39, 0.29) is 17.1 Å². The maximum Gasteiger partial charge on any atom is 0.305 e. The molecule has 0 heterocycles. The van der Waals surface area contributed by atoms with Crippen LogP contribution in [0.5, 0.6) is 0 Å². The Morgan fingerprint density at radius 2 is 1.79 bits per heavy atom. The van der Waals surface area contributed by atoms with Gasteiger partial charge in [-0.2, -0.15) is 0 Å². The average Bonchev–Trinajstić information content (AvgIpc) is 2.27. The minimum atomic E-state index is -1.71. The summed E-state index contributed by atoms with van der Waals surface area (Å²) in [5.74, 6) is -0.123. The number of rotatable bonds is 8. The molecule has 19 heavy (non-hydrogen) atoms. The zero-order valence-electron chi connectivity index (χ0n) is 13.8. The molecule has 0 aliphatic heterocycles. The molecular formula is C15H32O3Si. The van der Waals surface area contributed by atoms with E-state index in [4.69, 9.17) is 4.43 Å². The van der Waals surface area contributed by atoms with Gasteiger partial charge in [0.05, 0.1) is 7.11 Å². The van der Waals surface area contributed by atoms with Crippen LogP contribution in [0.4, 0.5) is 0 Å². The first-order chi connectivity index (χ1) is 8.64. The SMILES string of the molecule is CCC[C@H](CCCC(=O)OC)O[Si](C)(C)C(C)(C)C. The zero-order valence-corrected chi connectivity index (χ0v) is 14.8. The molecule has 0 radical (unpaired) electrons. The van der Waals surface area contributed by atoms with Gasteiger partial charge in [0.15, 0.2) is 8.32 Å². The summed E-state index contributed by atoms with van der Waals surface area (Å²) in [6.45, 7) is 13.5. The smallest absolute Gasteiger partial charge is 0.305 e. The number of ether oxygens (including phenoxy) is 1. The highest BCUT2D eigenvalue weighted by Gasteiger charge is 2.38. The molecule has 0 amide bonds. The van der Waals surface area contributed by atoms with Crippen LogP contribution < -0.4 is 0 Å². The van der Waals surface area contributed by atoms with Crippen molar-refractivity contribution in [1.29, 1.82) is 0 Å². The summed E-state index contributed by atoms with van der Waals surface area (Å²) in [7, 11) is -0.264. The Balaban J connectivity index is 4.37. The van der Waals surface area contributed by atoms with Gasteiger partial charge in [0.1, 0.15) is 0 Å². The van der Waals surface area contributed by atoms with E-state index in [2.05, 4.69) is 45.5 Å². The third-order valence-electron chi connectivity index (χ3n) is 4.01. The predicted octanol–water partition coefficient (Wildman–Crippen LogP) is 4.52. The number of hydrogen-bond donors (Lipinski definition) is 0. The topological polar surface area (TPSA) is 35.5 Å². The first-order valence-corrected chi connectivity index (χ1v) is 10.3. The molecule has 0 aromatic carbocycles. The maximum absolute atomic E-state index is 11.1. The molecule has 0 fully saturated rings. The van der Waals surface area contributed by atoms with E-state index in [1.807, 2.05) is 0 Å². The monoisotopic (exact) mass is 288 g/mol. The second kappa shape index (κ2) is 8.05. The van der Waals surface area contributed by atoms with E-state index in [1.54, 1.807) is 0 Å². The lowest BCUT2D eigenvalue weighted by atomic mass is 10.1. The summed E-state index contributed by atoms with van der Waals surface area (Å²) in [4.78, 5) is 11.1. The number of carbonyl (C=O) groups is 1. The fourth-order valence-corrected chi connectivity index (χ4v) is 3.18. The summed E-state index contributed by atoms with van der Waals surface area (Å²) in [5, 5.41) is 0.237. The van der Waals surface area contributed by atoms with Crippen LogP contribution in [0.2, 0.25) is 18.1 Å². The van der Waals surface area contributed by atoms with Crippen LogP contribution in [0.3, 0.4) is 0 Å². The molecule has 0 aromatic rings. The molecule has 0 N–H and O–H groups in total. The van der Waals surface area contributed by atoms with Crippen LogP contribution in [0.15, 0.2) is 0 Å². The van der Waals surface area contributed by atoms with Gasteiger partial charge >= 0.3 is 5.97 Å². The van der Waals surface area contributed by atoms with E-state index < -0.39 is 8.32 Å². The van der Waals surface area contributed by atoms with E-state index in [1.165, 1.54) is 7.11 Å². The molecule has 1 atom stereocenters. The molecule has 0 aromatic heterocycles. The van der Waals surface area contributed by atoms with Gasteiger partial charge in [-0.05, 0) is 37.4 Å². The quantitative estimate of drug-likeness (QED) is 0.486.